The highest BCUT2D eigenvalue weighted by atomic mass is 32.2. The van der Waals surface area contributed by atoms with Gasteiger partial charge >= 0.3 is 0 Å². The lowest BCUT2D eigenvalue weighted by Crippen LogP contribution is -2.27. The van der Waals surface area contributed by atoms with Gasteiger partial charge in [-0.3, -0.25) is 14.2 Å². The molecule has 0 spiro atoms. The highest BCUT2D eigenvalue weighted by molar-refractivity contribution is 7.99. The van der Waals surface area contributed by atoms with E-state index in [0.717, 1.165) is 16.9 Å². The predicted molar refractivity (Wildman–Crippen MR) is 136 cm³/mol. The second kappa shape index (κ2) is 11.0. The molecule has 0 radical (unpaired) electrons. The summed E-state index contributed by atoms with van der Waals surface area (Å²) in [5.74, 6) is 1.24. The highest BCUT2D eigenvalue weighted by Crippen LogP contribution is 2.21. The van der Waals surface area contributed by atoms with E-state index in [9.17, 15) is 9.59 Å². The summed E-state index contributed by atoms with van der Waals surface area (Å²) in [4.78, 5) is 30.5. The number of amides is 1. The number of carbonyl (C=O) groups excluding carboxylic acids is 1. The summed E-state index contributed by atoms with van der Waals surface area (Å²) >= 11 is 1.42. The fourth-order valence-electron chi connectivity index (χ4n) is 3.68. The summed E-state index contributed by atoms with van der Waals surface area (Å²) in [6, 6.07) is 24.8. The molecule has 3 aromatic carbocycles. The van der Waals surface area contributed by atoms with Crippen LogP contribution in [0.3, 0.4) is 0 Å². The fraction of sp³-hybridized carbons (Fsp3) is 0.222. The van der Waals surface area contributed by atoms with E-state index >= 15 is 0 Å². The number of aromatic nitrogens is 2. The summed E-state index contributed by atoms with van der Waals surface area (Å²) in [6.07, 6.45) is 0.326. The summed E-state index contributed by atoms with van der Waals surface area (Å²) in [6.45, 7) is 2.36. The standard InChI is InChI=1S/C27H27N3O3S/c1-19(21-8-4-3-5-9-21)28-25(31)16-17-34-27-29-24-11-7-6-10-23(24)26(32)30(27)18-20-12-14-22(33-2)15-13-20/h3-15,19H,16-18H2,1-2H3,(H,28,31)/t19-/m1/s1. The Morgan fingerprint density at radius 3 is 2.47 bits per heavy atom. The zero-order valence-electron chi connectivity index (χ0n) is 19.2. The molecule has 174 valence electrons. The third kappa shape index (κ3) is 5.66. The molecule has 0 saturated heterocycles. The van der Waals surface area contributed by atoms with Crippen LogP contribution in [0.4, 0.5) is 0 Å². The number of ether oxygens (including phenoxy) is 1. The van der Waals surface area contributed by atoms with Crippen LogP contribution in [0, 0.1) is 0 Å². The van der Waals surface area contributed by atoms with Gasteiger partial charge < -0.3 is 10.1 Å². The number of fused-ring (bicyclic) bond motifs is 1. The summed E-state index contributed by atoms with van der Waals surface area (Å²) in [7, 11) is 1.62. The minimum atomic E-state index is -0.0916. The number of carbonyl (C=O) groups is 1. The van der Waals surface area contributed by atoms with Crippen molar-refractivity contribution in [2.75, 3.05) is 12.9 Å². The third-order valence-electron chi connectivity index (χ3n) is 5.56. The molecule has 6 nitrogen and oxygen atoms in total. The molecule has 0 aliphatic heterocycles. The highest BCUT2D eigenvalue weighted by Gasteiger charge is 2.14. The molecular weight excluding hydrogens is 446 g/mol. The second-order valence-corrected chi connectivity index (χ2v) is 9.01. The molecule has 0 saturated carbocycles. The first kappa shape index (κ1) is 23.6. The van der Waals surface area contributed by atoms with Crippen LogP contribution in [0.1, 0.15) is 30.5 Å². The van der Waals surface area contributed by atoms with Gasteiger partial charge in [-0.05, 0) is 42.3 Å². The predicted octanol–water partition coefficient (Wildman–Crippen LogP) is 4.81. The van der Waals surface area contributed by atoms with Gasteiger partial charge in [-0.25, -0.2) is 4.98 Å². The van der Waals surface area contributed by atoms with E-state index in [1.165, 1.54) is 11.8 Å². The van der Waals surface area contributed by atoms with Crippen LogP contribution in [0.5, 0.6) is 5.75 Å². The van der Waals surface area contributed by atoms with Crippen LogP contribution in [-0.4, -0.2) is 28.3 Å². The molecule has 1 N–H and O–H groups in total. The number of rotatable bonds is 9. The van der Waals surface area contributed by atoms with Crippen molar-refractivity contribution in [2.45, 2.75) is 31.1 Å². The first-order valence-corrected chi connectivity index (χ1v) is 12.1. The lowest BCUT2D eigenvalue weighted by molar-refractivity contribution is -0.121. The summed E-state index contributed by atoms with van der Waals surface area (Å²) < 4.78 is 6.91. The SMILES string of the molecule is COc1ccc(Cn2c(SCCC(=O)N[C@H](C)c3ccccc3)nc3ccccc3c2=O)cc1. The molecule has 0 fully saturated rings. The topological polar surface area (TPSA) is 73.2 Å². The van der Waals surface area contributed by atoms with Gasteiger partial charge in [0.2, 0.25) is 5.91 Å². The molecule has 34 heavy (non-hydrogen) atoms. The minimum Gasteiger partial charge on any atom is -0.497 e. The van der Waals surface area contributed by atoms with Crippen LogP contribution in [0.2, 0.25) is 0 Å². The van der Waals surface area contributed by atoms with Gasteiger partial charge in [0, 0.05) is 12.2 Å². The van der Waals surface area contributed by atoms with Crippen molar-refractivity contribution in [3.63, 3.8) is 0 Å². The van der Waals surface area contributed by atoms with Crippen molar-refractivity contribution < 1.29 is 9.53 Å². The molecule has 0 aliphatic carbocycles. The van der Waals surface area contributed by atoms with Gasteiger partial charge in [0.05, 0.1) is 30.6 Å². The van der Waals surface area contributed by atoms with Gasteiger partial charge in [0.1, 0.15) is 5.75 Å². The number of nitrogens with zero attached hydrogens (tertiary/aromatic N) is 2. The molecule has 0 unspecified atom stereocenters. The number of methoxy groups -OCH3 is 1. The van der Waals surface area contributed by atoms with E-state index in [4.69, 9.17) is 9.72 Å². The van der Waals surface area contributed by atoms with Crippen LogP contribution in [0.25, 0.3) is 10.9 Å². The van der Waals surface area contributed by atoms with E-state index in [-0.39, 0.29) is 17.5 Å². The average molecular weight is 474 g/mol. The largest absolute Gasteiger partial charge is 0.497 e. The molecule has 7 heteroatoms. The monoisotopic (exact) mass is 473 g/mol. The van der Waals surface area contributed by atoms with Crippen LogP contribution < -0.4 is 15.6 Å². The Kier molecular flexibility index (Phi) is 7.65. The number of thioether (sulfide) groups is 1. The molecule has 1 heterocycles. The van der Waals surface area contributed by atoms with Crippen molar-refractivity contribution in [1.82, 2.24) is 14.9 Å². The zero-order valence-corrected chi connectivity index (χ0v) is 20.0. The van der Waals surface area contributed by atoms with Gasteiger partial charge in [-0.2, -0.15) is 0 Å². The van der Waals surface area contributed by atoms with Crippen molar-refractivity contribution in [3.05, 3.63) is 100 Å². The summed E-state index contributed by atoms with van der Waals surface area (Å²) in [5.41, 5.74) is 2.60. The fourth-order valence-corrected chi connectivity index (χ4v) is 4.62. The normalized spacial score (nSPS) is 11.8. The molecule has 0 aliphatic rings. The van der Waals surface area contributed by atoms with Crippen molar-refractivity contribution in [1.29, 1.82) is 0 Å². The van der Waals surface area contributed by atoms with E-state index in [0.29, 0.717) is 34.8 Å². The number of hydrogen-bond acceptors (Lipinski definition) is 5. The van der Waals surface area contributed by atoms with Crippen LogP contribution >= 0.6 is 11.8 Å². The first-order valence-electron chi connectivity index (χ1n) is 11.1. The Balaban J connectivity index is 1.49. The molecule has 4 rings (SSSR count). The molecule has 4 aromatic rings. The molecular formula is C27H27N3O3S. The first-order chi connectivity index (χ1) is 16.5. The number of benzene rings is 3. The van der Waals surface area contributed by atoms with Crippen molar-refractivity contribution in [3.8, 4) is 5.75 Å². The van der Waals surface area contributed by atoms with Gasteiger partial charge in [-0.15, -0.1) is 0 Å². The number of hydrogen-bond donors (Lipinski definition) is 1. The lowest BCUT2D eigenvalue weighted by atomic mass is 10.1. The Labute approximate surface area is 203 Å². The quantitative estimate of drug-likeness (QED) is 0.279. The Morgan fingerprint density at radius 1 is 1.03 bits per heavy atom. The summed E-state index contributed by atoms with van der Waals surface area (Å²) in [5, 5.41) is 4.21. The number of nitrogens with one attached hydrogen (secondary N) is 1. The minimum absolute atomic E-state index is 0.0336. The van der Waals surface area contributed by atoms with Crippen molar-refractivity contribution >= 4 is 28.6 Å². The molecule has 1 amide bonds. The third-order valence-corrected chi connectivity index (χ3v) is 6.54. The zero-order chi connectivity index (χ0) is 23.9. The van der Waals surface area contributed by atoms with Gasteiger partial charge in [0.25, 0.3) is 5.56 Å². The van der Waals surface area contributed by atoms with E-state index < -0.39 is 0 Å². The van der Waals surface area contributed by atoms with Crippen LogP contribution in [0.15, 0.2) is 88.8 Å². The molecule has 0 bridgehead atoms. The lowest BCUT2D eigenvalue weighted by Gasteiger charge is -2.15. The number of para-hydroxylation sites is 1. The van der Waals surface area contributed by atoms with E-state index in [2.05, 4.69) is 5.32 Å². The van der Waals surface area contributed by atoms with E-state index in [1.807, 2.05) is 79.7 Å². The Hall–Kier alpha value is -3.58. The molecule has 1 aromatic heterocycles. The van der Waals surface area contributed by atoms with Gasteiger partial charge in [0.15, 0.2) is 5.16 Å². The smallest absolute Gasteiger partial charge is 0.262 e. The average Bonchev–Trinajstić information content (AvgIpc) is 2.87. The van der Waals surface area contributed by atoms with Crippen LogP contribution in [-0.2, 0) is 11.3 Å². The Bertz CT molecular complexity index is 1320. The van der Waals surface area contributed by atoms with Crippen molar-refractivity contribution in [2.24, 2.45) is 0 Å². The maximum absolute atomic E-state index is 13.3. The maximum Gasteiger partial charge on any atom is 0.262 e. The second-order valence-electron chi connectivity index (χ2n) is 7.95. The maximum atomic E-state index is 13.3. The molecule has 1 atom stereocenters. The Morgan fingerprint density at radius 2 is 1.74 bits per heavy atom. The van der Waals surface area contributed by atoms with Gasteiger partial charge in [-0.1, -0.05) is 66.4 Å². The van der Waals surface area contributed by atoms with E-state index in [1.54, 1.807) is 17.7 Å².